The van der Waals surface area contributed by atoms with E-state index in [-0.39, 0.29) is 0 Å². The summed E-state index contributed by atoms with van der Waals surface area (Å²) in [5, 5.41) is 0. The van der Waals surface area contributed by atoms with E-state index >= 15 is 0 Å². The molecule has 0 aliphatic heterocycles. The molecule has 2 nitrogen and oxygen atoms in total. The monoisotopic (exact) mass is 169 g/mol. The van der Waals surface area contributed by atoms with Gasteiger partial charge >= 0.3 is 0 Å². The predicted octanol–water partition coefficient (Wildman–Crippen LogP) is 1.68. The fraction of sp³-hybridized carbons (Fsp3) is 1.00. The lowest BCUT2D eigenvalue weighted by molar-refractivity contribution is 0.0140. The molecule has 2 atom stereocenters. The molecular formula is C10H19NO. The highest BCUT2D eigenvalue weighted by Crippen LogP contribution is 2.28. The van der Waals surface area contributed by atoms with Gasteiger partial charge in [0.15, 0.2) is 0 Å². The van der Waals surface area contributed by atoms with Crippen LogP contribution in [0.1, 0.15) is 38.5 Å². The van der Waals surface area contributed by atoms with Gasteiger partial charge in [0, 0.05) is 12.6 Å². The van der Waals surface area contributed by atoms with Crippen LogP contribution >= 0.6 is 0 Å². The van der Waals surface area contributed by atoms with Crippen molar-refractivity contribution in [3.63, 3.8) is 0 Å². The van der Waals surface area contributed by atoms with Gasteiger partial charge in [-0.25, -0.2) is 0 Å². The fourth-order valence-electron chi connectivity index (χ4n) is 2.06. The Morgan fingerprint density at radius 2 is 2.00 bits per heavy atom. The zero-order valence-electron chi connectivity index (χ0n) is 7.67. The third kappa shape index (κ3) is 1.99. The second-order valence-corrected chi connectivity index (χ2v) is 4.33. The van der Waals surface area contributed by atoms with E-state index in [4.69, 9.17) is 10.5 Å². The zero-order valence-corrected chi connectivity index (χ0v) is 7.67. The summed E-state index contributed by atoms with van der Waals surface area (Å²) in [6.45, 7) is 0.997. The average Bonchev–Trinajstić information content (AvgIpc) is 2.32. The molecular weight excluding hydrogens is 150 g/mol. The van der Waals surface area contributed by atoms with Crippen LogP contribution in [0.25, 0.3) is 0 Å². The summed E-state index contributed by atoms with van der Waals surface area (Å²) in [4.78, 5) is 0. The van der Waals surface area contributed by atoms with Gasteiger partial charge in [-0.05, 0) is 38.0 Å². The first-order valence-electron chi connectivity index (χ1n) is 5.22. The quantitative estimate of drug-likeness (QED) is 0.697. The van der Waals surface area contributed by atoms with E-state index in [0.29, 0.717) is 12.1 Å². The van der Waals surface area contributed by atoms with Crippen LogP contribution in [-0.4, -0.2) is 18.8 Å². The first kappa shape index (κ1) is 8.52. The Kier molecular flexibility index (Phi) is 2.66. The van der Waals surface area contributed by atoms with E-state index in [1.807, 2.05) is 0 Å². The minimum Gasteiger partial charge on any atom is -0.378 e. The summed E-state index contributed by atoms with van der Waals surface area (Å²) in [5.74, 6) is 0.877. The molecule has 2 heteroatoms. The molecule has 2 fully saturated rings. The molecule has 0 radical (unpaired) electrons. The lowest BCUT2D eigenvalue weighted by Gasteiger charge is -2.26. The van der Waals surface area contributed by atoms with Crippen LogP contribution < -0.4 is 5.73 Å². The minimum atomic E-state index is 0.413. The third-order valence-corrected chi connectivity index (χ3v) is 3.22. The molecule has 70 valence electrons. The van der Waals surface area contributed by atoms with Crippen molar-refractivity contribution in [2.24, 2.45) is 11.7 Å². The molecule has 0 aromatic carbocycles. The molecule has 2 rings (SSSR count). The van der Waals surface area contributed by atoms with Crippen LogP contribution in [0.15, 0.2) is 0 Å². The van der Waals surface area contributed by atoms with Gasteiger partial charge in [0.2, 0.25) is 0 Å². The molecule has 0 heterocycles. The van der Waals surface area contributed by atoms with Gasteiger partial charge in [0.05, 0.1) is 6.10 Å². The number of nitrogens with two attached hydrogens (primary N) is 1. The van der Waals surface area contributed by atoms with Gasteiger partial charge < -0.3 is 10.5 Å². The highest BCUT2D eigenvalue weighted by Gasteiger charge is 2.24. The van der Waals surface area contributed by atoms with Crippen LogP contribution in [-0.2, 0) is 4.74 Å². The average molecular weight is 169 g/mol. The molecule has 12 heavy (non-hydrogen) atoms. The number of ether oxygens (including phenoxy) is 1. The Morgan fingerprint density at radius 3 is 2.50 bits per heavy atom. The molecule has 0 amide bonds. The summed E-state index contributed by atoms with van der Waals surface area (Å²) in [6, 6.07) is 0.413. The Balaban J connectivity index is 1.60. The maximum Gasteiger partial charge on any atom is 0.0590 e. The molecule has 0 bridgehead atoms. The smallest absolute Gasteiger partial charge is 0.0590 e. The van der Waals surface area contributed by atoms with E-state index in [1.165, 1.54) is 25.7 Å². The van der Waals surface area contributed by atoms with Gasteiger partial charge in [-0.3, -0.25) is 0 Å². The van der Waals surface area contributed by atoms with E-state index in [2.05, 4.69) is 0 Å². The van der Waals surface area contributed by atoms with Gasteiger partial charge in [0.1, 0.15) is 0 Å². The Bertz CT molecular complexity index is 145. The van der Waals surface area contributed by atoms with Gasteiger partial charge in [-0.1, -0.05) is 6.42 Å². The summed E-state index contributed by atoms with van der Waals surface area (Å²) >= 11 is 0. The lowest BCUT2D eigenvalue weighted by Crippen LogP contribution is -2.23. The fourth-order valence-corrected chi connectivity index (χ4v) is 2.06. The number of hydrogen-bond acceptors (Lipinski definition) is 2. The van der Waals surface area contributed by atoms with E-state index < -0.39 is 0 Å². The Hall–Kier alpha value is -0.0800. The molecule has 0 aromatic rings. The Labute approximate surface area is 74.5 Å². The van der Waals surface area contributed by atoms with Crippen LogP contribution in [0.2, 0.25) is 0 Å². The Morgan fingerprint density at radius 1 is 1.17 bits per heavy atom. The molecule has 0 aromatic heterocycles. The number of rotatable bonds is 3. The number of hydrogen-bond donors (Lipinski definition) is 1. The van der Waals surface area contributed by atoms with Crippen LogP contribution in [0.3, 0.4) is 0 Å². The SMILES string of the molecule is NC1CCC(OCC2CCC2)C1. The third-order valence-electron chi connectivity index (χ3n) is 3.22. The predicted molar refractivity (Wildman–Crippen MR) is 48.9 cm³/mol. The van der Waals surface area contributed by atoms with Crippen molar-refractivity contribution in [2.75, 3.05) is 6.61 Å². The largest absolute Gasteiger partial charge is 0.378 e. The van der Waals surface area contributed by atoms with Crippen molar-refractivity contribution in [3.8, 4) is 0 Å². The molecule has 2 N–H and O–H groups in total. The van der Waals surface area contributed by atoms with Crippen LogP contribution in [0.5, 0.6) is 0 Å². The lowest BCUT2D eigenvalue weighted by atomic mass is 9.86. The van der Waals surface area contributed by atoms with Gasteiger partial charge in [-0.2, -0.15) is 0 Å². The second kappa shape index (κ2) is 3.75. The van der Waals surface area contributed by atoms with E-state index in [9.17, 15) is 0 Å². The van der Waals surface area contributed by atoms with Crippen molar-refractivity contribution in [3.05, 3.63) is 0 Å². The molecule has 2 unspecified atom stereocenters. The van der Waals surface area contributed by atoms with E-state index in [0.717, 1.165) is 25.4 Å². The summed E-state index contributed by atoms with van der Waals surface area (Å²) in [5.41, 5.74) is 5.80. The highest BCUT2D eigenvalue weighted by molar-refractivity contribution is 4.79. The van der Waals surface area contributed by atoms with Crippen molar-refractivity contribution < 1.29 is 4.74 Å². The van der Waals surface area contributed by atoms with Gasteiger partial charge in [0.25, 0.3) is 0 Å². The molecule has 0 spiro atoms. The first-order valence-corrected chi connectivity index (χ1v) is 5.22. The van der Waals surface area contributed by atoms with Crippen LogP contribution in [0, 0.1) is 5.92 Å². The normalized spacial score (nSPS) is 36.8. The van der Waals surface area contributed by atoms with Crippen molar-refractivity contribution in [1.29, 1.82) is 0 Å². The maximum atomic E-state index is 5.80. The molecule has 2 saturated carbocycles. The highest BCUT2D eigenvalue weighted by atomic mass is 16.5. The van der Waals surface area contributed by atoms with Crippen molar-refractivity contribution in [2.45, 2.75) is 50.7 Å². The van der Waals surface area contributed by atoms with E-state index in [1.54, 1.807) is 0 Å². The summed E-state index contributed by atoms with van der Waals surface area (Å²) < 4.78 is 5.80. The molecule has 2 aliphatic rings. The maximum absolute atomic E-state index is 5.80. The van der Waals surface area contributed by atoms with Crippen LogP contribution in [0.4, 0.5) is 0 Å². The second-order valence-electron chi connectivity index (χ2n) is 4.33. The summed E-state index contributed by atoms with van der Waals surface area (Å²) in [7, 11) is 0. The minimum absolute atomic E-state index is 0.413. The molecule has 0 saturated heterocycles. The molecule has 2 aliphatic carbocycles. The topological polar surface area (TPSA) is 35.2 Å². The standard InChI is InChI=1S/C10H19NO/c11-9-4-5-10(6-9)12-7-8-2-1-3-8/h8-10H,1-7,11H2. The summed E-state index contributed by atoms with van der Waals surface area (Å²) in [6.07, 6.45) is 8.12. The van der Waals surface area contributed by atoms with Crippen molar-refractivity contribution >= 4 is 0 Å². The zero-order chi connectivity index (χ0) is 8.39. The first-order chi connectivity index (χ1) is 5.84. The van der Waals surface area contributed by atoms with Crippen molar-refractivity contribution in [1.82, 2.24) is 0 Å². The van der Waals surface area contributed by atoms with Gasteiger partial charge in [-0.15, -0.1) is 0 Å².